The van der Waals surface area contributed by atoms with Crippen molar-refractivity contribution in [1.82, 2.24) is 20.4 Å². The summed E-state index contributed by atoms with van der Waals surface area (Å²) < 4.78 is 0. The smallest absolute Gasteiger partial charge is 0.356 e. The SMILES string of the molecule is O=C(O)c1[nH]nnc1-c1ccc(-c2ccccn2)cc1. The molecule has 0 saturated heterocycles. The van der Waals surface area contributed by atoms with Crippen molar-refractivity contribution in [3.05, 3.63) is 54.4 Å². The van der Waals surface area contributed by atoms with Crippen LogP contribution >= 0.6 is 0 Å². The molecule has 3 aromatic rings. The summed E-state index contributed by atoms with van der Waals surface area (Å²) in [6.07, 6.45) is 1.73. The fraction of sp³-hybridized carbons (Fsp3) is 0. The van der Waals surface area contributed by atoms with Gasteiger partial charge < -0.3 is 5.11 Å². The fourth-order valence-electron chi connectivity index (χ4n) is 1.91. The van der Waals surface area contributed by atoms with E-state index in [1.54, 1.807) is 18.3 Å². The summed E-state index contributed by atoms with van der Waals surface area (Å²) in [5.41, 5.74) is 2.81. The van der Waals surface area contributed by atoms with Gasteiger partial charge in [0.05, 0.1) is 5.69 Å². The van der Waals surface area contributed by atoms with Crippen molar-refractivity contribution in [2.45, 2.75) is 0 Å². The highest BCUT2D eigenvalue weighted by atomic mass is 16.4. The van der Waals surface area contributed by atoms with Gasteiger partial charge in [0.2, 0.25) is 0 Å². The lowest BCUT2D eigenvalue weighted by Crippen LogP contribution is -1.99. The zero-order chi connectivity index (χ0) is 13.9. The first-order valence-corrected chi connectivity index (χ1v) is 5.92. The van der Waals surface area contributed by atoms with E-state index in [9.17, 15) is 4.79 Å². The number of nitrogens with zero attached hydrogens (tertiary/aromatic N) is 3. The van der Waals surface area contributed by atoms with Gasteiger partial charge >= 0.3 is 5.97 Å². The van der Waals surface area contributed by atoms with E-state index in [1.165, 1.54) is 0 Å². The molecule has 0 aliphatic carbocycles. The molecule has 6 nitrogen and oxygen atoms in total. The maximum absolute atomic E-state index is 11.0. The number of carboxylic acid groups (broad SMARTS) is 1. The number of H-pyrrole nitrogens is 1. The van der Waals surface area contributed by atoms with Crippen LogP contribution < -0.4 is 0 Å². The normalized spacial score (nSPS) is 10.4. The summed E-state index contributed by atoms with van der Waals surface area (Å²) in [5.74, 6) is -1.08. The molecular weight excluding hydrogens is 256 g/mol. The Bertz CT molecular complexity index is 735. The lowest BCUT2D eigenvalue weighted by Gasteiger charge is -2.02. The molecule has 0 aliphatic heterocycles. The Hall–Kier alpha value is -3.02. The van der Waals surface area contributed by atoms with Crippen LogP contribution in [0.25, 0.3) is 22.5 Å². The lowest BCUT2D eigenvalue weighted by atomic mass is 10.1. The molecule has 0 aliphatic rings. The third-order valence-electron chi connectivity index (χ3n) is 2.88. The van der Waals surface area contributed by atoms with Crippen molar-refractivity contribution in [3.8, 4) is 22.5 Å². The number of carbonyl (C=O) groups is 1. The number of pyridine rings is 1. The predicted octanol–water partition coefficient (Wildman–Crippen LogP) is 2.23. The molecule has 0 spiro atoms. The minimum Gasteiger partial charge on any atom is -0.476 e. The van der Waals surface area contributed by atoms with Crippen LogP contribution in [0.3, 0.4) is 0 Å². The first-order chi connectivity index (χ1) is 9.75. The second kappa shape index (κ2) is 4.93. The summed E-state index contributed by atoms with van der Waals surface area (Å²) in [7, 11) is 0. The molecule has 3 rings (SSSR count). The highest BCUT2D eigenvalue weighted by Gasteiger charge is 2.15. The van der Waals surface area contributed by atoms with Crippen LogP contribution in [0.4, 0.5) is 0 Å². The molecule has 6 heteroatoms. The van der Waals surface area contributed by atoms with Crippen molar-refractivity contribution in [2.75, 3.05) is 0 Å². The molecule has 2 N–H and O–H groups in total. The van der Waals surface area contributed by atoms with E-state index in [1.807, 2.05) is 30.3 Å². The fourth-order valence-corrected chi connectivity index (χ4v) is 1.91. The number of nitrogens with one attached hydrogen (secondary N) is 1. The molecule has 2 aromatic heterocycles. The van der Waals surface area contributed by atoms with Crippen LogP contribution in [-0.4, -0.2) is 31.5 Å². The standard InChI is InChI=1S/C14H10N4O2/c19-14(20)13-12(16-18-17-13)10-6-4-9(5-7-10)11-3-1-2-8-15-11/h1-8H,(H,19,20)(H,16,17,18). The van der Waals surface area contributed by atoms with Crippen molar-refractivity contribution in [3.63, 3.8) is 0 Å². The molecule has 20 heavy (non-hydrogen) atoms. The average Bonchev–Trinajstić information content (AvgIpc) is 2.98. The van der Waals surface area contributed by atoms with E-state index >= 15 is 0 Å². The van der Waals surface area contributed by atoms with E-state index < -0.39 is 5.97 Å². The zero-order valence-electron chi connectivity index (χ0n) is 10.3. The Morgan fingerprint density at radius 2 is 1.80 bits per heavy atom. The number of hydrogen-bond donors (Lipinski definition) is 2. The van der Waals surface area contributed by atoms with E-state index in [0.717, 1.165) is 11.3 Å². The molecule has 0 radical (unpaired) electrons. The van der Waals surface area contributed by atoms with Crippen molar-refractivity contribution < 1.29 is 9.90 Å². The molecule has 0 atom stereocenters. The second-order valence-electron chi connectivity index (χ2n) is 4.13. The third-order valence-corrected chi connectivity index (χ3v) is 2.88. The largest absolute Gasteiger partial charge is 0.476 e. The molecule has 0 fully saturated rings. The number of benzene rings is 1. The van der Waals surface area contributed by atoms with Gasteiger partial charge in [0, 0.05) is 17.3 Å². The summed E-state index contributed by atoms with van der Waals surface area (Å²) in [5, 5.41) is 18.7. The van der Waals surface area contributed by atoms with Crippen LogP contribution in [0, 0.1) is 0 Å². The van der Waals surface area contributed by atoms with E-state index in [2.05, 4.69) is 20.4 Å². The number of rotatable bonds is 3. The van der Waals surface area contributed by atoms with E-state index in [-0.39, 0.29) is 5.69 Å². The molecule has 0 saturated carbocycles. The second-order valence-corrected chi connectivity index (χ2v) is 4.13. The van der Waals surface area contributed by atoms with E-state index in [4.69, 9.17) is 5.11 Å². The van der Waals surface area contributed by atoms with Crippen LogP contribution in [0.1, 0.15) is 10.5 Å². The minimum atomic E-state index is -1.08. The Balaban J connectivity index is 1.98. The van der Waals surface area contributed by atoms with Gasteiger partial charge in [0.15, 0.2) is 5.69 Å². The van der Waals surface area contributed by atoms with E-state index in [0.29, 0.717) is 11.3 Å². The Morgan fingerprint density at radius 3 is 2.45 bits per heavy atom. The maximum atomic E-state index is 11.0. The Labute approximate surface area is 114 Å². The van der Waals surface area contributed by atoms with Gasteiger partial charge in [-0.3, -0.25) is 10.1 Å². The number of aromatic carboxylic acids is 1. The number of hydrogen-bond acceptors (Lipinski definition) is 4. The van der Waals surface area contributed by atoms with Gasteiger partial charge in [0.1, 0.15) is 5.69 Å². The number of carboxylic acids is 1. The topological polar surface area (TPSA) is 91.8 Å². The van der Waals surface area contributed by atoms with Gasteiger partial charge in [-0.1, -0.05) is 35.5 Å². The van der Waals surface area contributed by atoms with Gasteiger partial charge in [-0.2, -0.15) is 0 Å². The monoisotopic (exact) mass is 266 g/mol. The van der Waals surface area contributed by atoms with Gasteiger partial charge in [-0.15, -0.1) is 5.10 Å². The predicted molar refractivity (Wildman–Crippen MR) is 72.0 cm³/mol. The molecule has 0 bridgehead atoms. The third kappa shape index (κ3) is 2.14. The van der Waals surface area contributed by atoms with Crippen molar-refractivity contribution in [2.24, 2.45) is 0 Å². The quantitative estimate of drug-likeness (QED) is 0.758. The number of aromatic nitrogens is 4. The summed E-state index contributed by atoms with van der Waals surface area (Å²) in [6, 6.07) is 13.0. The molecule has 0 unspecified atom stereocenters. The molecule has 2 heterocycles. The highest BCUT2D eigenvalue weighted by Crippen LogP contribution is 2.23. The Kier molecular flexibility index (Phi) is 2.96. The Morgan fingerprint density at radius 1 is 1.05 bits per heavy atom. The van der Waals surface area contributed by atoms with Crippen LogP contribution in [-0.2, 0) is 0 Å². The first-order valence-electron chi connectivity index (χ1n) is 5.92. The molecule has 1 aromatic carbocycles. The van der Waals surface area contributed by atoms with Crippen molar-refractivity contribution >= 4 is 5.97 Å². The molecule has 0 amide bonds. The van der Waals surface area contributed by atoms with Gasteiger partial charge in [-0.25, -0.2) is 4.79 Å². The van der Waals surface area contributed by atoms with Gasteiger partial charge in [-0.05, 0) is 12.1 Å². The van der Waals surface area contributed by atoms with Crippen LogP contribution in [0.15, 0.2) is 48.7 Å². The van der Waals surface area contributed by atoms with Crippen LogP contribution in [0.2, 0.25) is 0 Å². The average molecular weight is 266 g/mol. The van der Waals surface area contributed by atoms with Gasteiger partial charge in [0.25, 0.3) is 0 Å². The summed E-state index contributed by atoms with van der Waals surface area (Å²) in [6.45, 7) is 0. The number of aromatic amines is 1. The van der Waals surface area contributed by atoms with Crippen molar-refractivity contribution in [1.29, 1.82) is 0 Å². The van der Waals surface area contributed by atoms with Crippen LogP contribution in [0.5, 0.6) is 0 Å². The molecular formula is C14H10N4O2. The zero-order valence-corrected chi connectivity index (χ0v) is 10.3. The molecule has 98 valence electrons. The lowest BCUT2D eigenvalue weighted by molar-refractivity contribution is 0.0691. The maximum Gasteiger partial charge on any atom is 0.356 e. The first kappa shape index (κ1) is 12.0. The minimum absolute atomic E-state index is 0.0180. The summed E-state index contributed by atoms with van der Waals surface area (Å²) >= 11 is 0. The highest BCUT2D eigenvalue weighted by molar-refractivity contribution is 5.92. The summed E-state index contributed by atoms with van der Waals surface area (Å²) in [4.78, 5) is 15.3.